The van der Waals surface area contributed by atoms with Crippen molar-refractivity contribution in [1.29, 1.82) is 0 Å². The van der Waals surface area contributed by atoms with E-state index in [1.165, 1.54) is 0 Å². The number of aliphatic carboxylic acids is 2. The van der Waals surface area contributed by atoms with Crippen molar-refractivity contribution in [3.05, 3.63) is 0 Å². The summed E-state index contributed by atoms with van der Waals surface area (Å²) in [5, 5.41) is 22.0. The number of carboxylic acid groups (broad SMARTS) is 2. The molecule has 0 radical (unpaired) electrons. The van der Waals surface area contributed by atoms with Gasteiger partial charge in [0.15, 0.2) is 0 Å². The molecule has 0 fully saturated rings. The Morgan fingerprint density at radius 2 is 1.84 bits per heavy atom. The summed E-state index contributed by atoms with van der Waals surface area (Å²) in [6.07, 6.45) is -0.625. The van der Waals surface area contributed by atoms with Gasteiger partial charge < -0.3 is 5.11 Å². The van der Waals surface area contributed by atoms with Crippen LogP contribution in [0.3, 0.4) is 0 Å². The van der Waals surface area contributed by atoms with Gasteiger partial charge in [0, 0.05) is 0 Å². The SMILES string of the molecule is CN(C(CCC(=O)NC(CS)C(=O)NCC(=O)O)C(=O)O)S(=O)(O)=[Se]. The normalized spacial score (nSPS) is 15.7. The van der Waals surface area contributed by atoms with Gasteiger partial charge in [-0.25, -0.2) is 0 Å². The van der Waals surface area contributed by atoms with E-state index < -0.39 is 50.7 Å². The Hall–Kier alpha value is -1.18. The number of rotatable bonds is 11. The van der Waals surface area contributed by atoms with Gasteiger partial charge in [-0.2, -0.15) is 0 Å². The number of thiol groups is 1. The van der Waals surface area contributed by atoms with E-state index >= 15 is 0 Å². The molecule has 0 bridgehead atoms. The average molecular weight is 464 g/mol. The van der Waals surface area contributed by atoms with Crippen LogP contribution in [0.4, 0.5) is 0 Å². The number of hydrogen-bond donors (Lipinski definition) is 6. The van der Waals surface area contributed by atoms with Crippen molar-refractivity contribution < 1.29 is 38.2 Å². The van der Waals surface area contributed by atoms with Crippen molar-refractivity contribution in [2.24, 2.45) is 0 Å². The second-order valence-corrected chi connectivity index (χ2v) is 9.37. The Bertz CT molecular complexity index is 627. The molecule has 11 nitrogen and oxygen atoms in total. The van der Waals surface area contributed by atoms with Crippen LogP contribution < -0.4 is 10.6 Å². The molecule has 0 saturated heterocycles. The fourth-order valence-corrected chi connectivity index (χ4v) is 3.06. The Kier molecular flexibility index (Phi) is 10.2. The van der Waals surface area contributed by atoms with Crippen molar-refractivity contribution in [2.75, 3.05) is 19.3 Å². The van der Waals surface area contributed by atoms with Crippen LogP contribution in [-0.2, 0) is 27.5 Å². The molecule has 0 heterocycles. The van der Waals surface area contributed by atoms with Crippen LogP contribution in [-0.4, -0.2) is 92.8 Å². The number of nitrogens with zero attached hydrogens (tertiary/aromatic N) is 1. The molecule has 0 aliphatic rings. The molecule has 0 rings (SSSR count). The van der Waals surface area contributed by atoms with E-state index in [-0.39, 0.29) is 18.6 Å². The third kappa shape index (κ3) is 9.18. The number of likely N-dealkylation sites (N-methyl/N-ethyl adjacent to an activating group) is 1. The van der Waals surface area contributed by atoms with Gasteiger partial charge in [-0.05, 0) is 0 Å². The summed E-state index contributed by atoms with van der Waals surface area (Å²) in [6, 6.07) is -2.50. The number of carboxylic acids is 2. The Morgan fingerprint density at radius 1 is 1.28 bits per heavy atom. The van der Waals surface area contributed by atoms with Gasteiger partial charge in [0.1, 0.15) is 0 Å². The third-order valence-electron chi connectivity index (χ3n) is 2.98. The molecule has 0 aromatic rings. The van der Waals surface area contributed by atoms with Gasteiger partial charge in [-0.1, -0.05) is 0 Å². The second-order valence-electron chi connectivity index (χ2n) is 4.80. The molecule has 0 aliphatic carbocycles. The fourth-order valence-electron chi connectivity index (χ4n) is 1.64. The van der Waals surface area contributed by atoms with E-state index in [1.807, 2.05) is 14.4 Å². The summed E-state index contributed by atoms with van der Waals surface area (Å²) in [5.74, 6) is -4.19. The van der Waals surface area contributed by atoms with Gasteiger partial charge >= 0.3 is 147 Å². The molecule has 0 aromatic heterocycles. The summed E-state index contributed by atoms with van der Waals surface area (Å²) in [6.45, 7) is -0.622. The van der Waals surface area contributed by atoms with Gasteiger partial charge in [0.05, 0.1) is 0 Å². The zero-order chi connectivity index (χ0) is 19.8. The van der Waals surface area contributed by atoms with Crippen LogP contribution in [0, 0.1) is 0 Å². The number of nitrogens with one attached hydrogen (secondary N) is 2. The van der Waals surface area contributed by atoms with E-state index in [9.17, 15) is 27.9 Å². The summed E-state index contributed by atoms with van der Waals surface area (Å²) >= 11 is 5.84. The first-order chi connectivity index (χ1) is 11.4. The van der Waals surface area contributed by atoms with E-state index in [0.29, 0.717) is 4.31 Å². The summed E-state index contributed by atoms with van der Waals surface area (Å²) < 4.78 is 21.5. The van der Waals surface area contributed by atoms with Crippen molar-refractivity contribution in [3.8, 4) is 0 Å². The zero-order valence-corrected chi connectivity index (χ0v) is 16.5. The van der Waals surface area contributed by atoms with Crippen LogP contribution in [0.1, 0.15) is 12.8 Å². The van der Waals surface area contributed by atoms with Crippen LogP contribution in [0.15, 0.2) is 0 Å². The molecule has 0 aromatic carbocycles. The predicted molar refractivity (Wildman–Crippen MR) is 91.4 cm³/mol. The molecule has 3 unspecified atom stereocenters. The van der Waals surface area contributed by atoms with Crippen molar-refractivity contribution in [2.45, 2.75) is 24.9 Å². The second kappa shape index (κ2) is 10.7. The molecule has 5 N–H and O–H groups in total. The van der Waals surface area contributed by atoms with Crippen LogP contribution in [0.25, 0.3) is 0 Å². The van der Waals surface area contributed by atoms with Gasteiger partial charge in [-0.15, -0.1) is 0 Å². The van der Waals surface area contributed by atoms with Crippen molar-refractivity contribution in [3.63, 3.8) is 0 Å². The standard InChI is InChI=1S/C11H19N3O8S2Se/c1-14(24(21,22)25)7(11(19)20)2-3-8(15)13-6(5-23)10(18)12-4-9(16)17/h6-7,23H,2-5H2,1H3,(H,12,18)(H,13,15)(H,16,17)(H,19,20)(H,21,22,25). The Balaban J connectivity index is 4.72. The molecular weight excluding hydrogens is 445 g/mol. The molecule has 0 saturated carbocycles. The molecule has 144 valence electrons. The molecular formula is C11H19N3O8S2Se. The quantitative estimate of drug-likeness (QED) is 0.144. The first-order valence-electron chi connectivity index (χ1n) is 6.73. The molecule has 0 spiro atoms. The van der Waals surface area contributed by atoms with Crippen LogP contribution in [0.2, 0.25) is 0 Å². The molecule has 2 amide bonds. The van der Waals surface area contributed by atoms with E-state index in [1.54, 1.807) is 0 Å². The number of carbonyl (C=O) groups excluding carboxylic acids is 2. The van der Waals surface area contributed by atoms with Crippen molar-refractivity contribution in [1.82, 2.24) is 14.9 Å². The maximum absolute atomic E-state index is 11.9. The average Bonchev–Trinajstić information content (AvgIpc) is 2.48. The first kappa shape index (κ1) is 23.8. The molecule has 25 heavy (non-hydrogen) atoms. The monoisotopic (exact) mass is 465 g/mol. The Morgan fingerprint density at radius 3 is 2.24 bits per heavy atom. The fraction of sp³-hybridized carbons (Fsp3) is 0.636. The molecule has 0 aliphatic heterocycles. The Labute approximate surface area is 156 Å². The predicted octanol–water partition coefficient (Wildman–Crippen LogP) is -2.48. The molecule has 3 atom stereocenters. The number of amides is 2. The topological polar surface area (TPSA) is 173 Å². The van der Waals surface area contributed by atoms with E-state index in [0.717, 1.165) is 7.05 Å². The van der Waals surface area contributed by atoms with Gasteiger partial charge in [0.25, 0.3) is 0 Å². The van der Waals surface area contributed by atoms with Gasteiger partial charge in [-0.3, -0.25) is 4.79 Å². The van der Waals surface area contributed by atoms with Crippen LogP contribution in [0.5, 0.6) is 0 Å². The van der Waals surface area contributed by atoms with Crippen molar-refractivity contribution >= 4 is 59.1 Å². The first-order valence-corrected chi connectivity index (χ1v) is 10.9. The zero-order valence-electron chi connectivity index (χ0n) is 13.1. The minimum atomic E-state index is -3.64. The van der Waals surface area contributed by atoms with E-state index in [4.69, 9.17) is 10.2 Å². The van der Waals surface area contributed by atoms with E-state index in [2.05, 4.69) is 23.3 Å². The van der Waals surface area contributed by atoms with Crippen LogP contribution >= 0.6 is 12.6 Å². The number of hydrogen-bond acceptors (Lipinski definition) is 6. The van der Waals surface area contributed by atoms with Gasteiger partial charge in [0.2, 0.25) is 0 Å². The third-order valence-corrected chi connectivity index (χ3v) is 5.81. The maximum atomic E-state index is 11.9. The molecule has 14 heteroatoms. The number of carbonyl (C=O) groups is 4. The summed E-state index contributed by atoms with van der Waals surface area (Å²) in [7, 11) is -2.52. The summed E-state index contributed by atoms with van der Waals surface area (Å²) in [5.41, 5.74) is 0. The minimum absolute atomic E-state index is 0.103. The summed E-state index contributed by atoms with van der Waals surface area (Å²) in [4.78, 5) is 45.1.